The number of aliphatic imine (C=N–C) groups is 1. The summed E-state index contributed by atoms with van der Waals surface area (Å²) in [4.78, 5) is 11.3. The monoisotopic (exact) mass is 467 g/mol. The van der Waals surface area contributed by atoms with Crippen LogP contribution in [0.1, 0.15) is 57.2 Å². The van der Waals surface area contributed by atoms with Gasteiger partial charge in [0, 0.05) is 25.0 Å². The molecule has 1 aromatic rings. The normalized spacial score (nSPS) is 12.0. The second-order valence-electron chi connectivity index (χ2n) is 6.45. The molecule has 7 heteroatoms. The first-order valence-corrected chi connectivity index (χ1v) is 9.41. The standard InChI is InChI=1S/C17H33N5S.HI/c1-13(2)15-12-23-16(21-15)11-20-17(18-5)19-9-7-8-10-22(6)14(3)4;/h12-14H,7-11H2,1-6H3,(H2,18,19,20);1H. The molecule has 0 aliphatic rings. The van der Waals surface area contributed by atoms with Gasteiger partial charge in [0.25, 0.3) is 0 Å². The van der Waals surface area contributed by atoms with E-state index in [4.69, 9.17) is 0 Å². The lowest BCUT2D eigenvalue weighted by Crippen LogP contribution is -2.37. The maximum atomic E-state index is 4.63. The van der Waals surface area contributed by atoms with E-state index in [1.54, 1.807) is 11.3 Å². The molecule has 0 radical (unpaired) electrons. The predicted octanol–water partition coefficient (Wildman–Crippen LogP) is 3.67. The first kappa shape index (κ1) is 23.6. The van der Waals surface area contributed by atoms with Crippen molar-refractivity contribution < 1.29 is 0 Å². The molecule has 0 saturated heterocycles. The third-order valence-electron chi connectivity index (χ3n) is 3.90. The highest BCUT2D eigenvalue weighted by atomic mass is 127. The van der Waals surface area contributed by atoms with E-state index in [1.807, 2.05) is 7.05 Å². The number of unbranched alkanes of at least 4 members (excludes halogenated alkanes) is 1. The van der Waals surface area contributed by atoms with Crippen molar-refractivity contribution in [2.75, 3.05) is 27.2 Å². The lowest BCUT2D eigenvalue weighted by Gasteiger charge is -2.20. The summed E-state index contributed by atoms with van der Waals surface area (Å²) in [7, 11) is 3.99. The van der Waals surface area contributed by atoms with Crippen molar-refractivity contribution in [1.29, 1.82) is 0 Å². The Balaban J connectivity index is 0.00000529. The van der Waals surface area contributed by atoms with E-state index in [2.05, 4.69) is 65.6 Å². The van der Waals surface area contributed by atoms with Gasteiger partial charge in [-0.2, -0.15) is 0 Å². The number of rotatable bonds is 9. The topological polar surface area (TPSA) is 52.6 Å². The molecule has 5 nitrogen and oxygen atoms in total. The molecule has 0 aromatic carbocycles. The van der Waals surface area contributed by atoms with Crippen molar-refractivity contribution >= 4 is 41.3 Å². The van der Waals surface area contributed by atoms with Crippen molar-refractivity contribution in [1.82, 2.24) is 20.5 Å². The molecule has 0 aliphatic heterocycles. The van der Waals surface area contributed by atoms with Crippen LogP contribution in [0.15, 0.2) is 10.4 Å². The number of guanidine groups is 1. The number of halogens is 1. The van der Waals surface area contributed by atoms with E-state index in [0.29, 0.717) is 12.0 Å². The van der Waals surface area contributed by atoms with Gasteiger partial charge in [0.15, 0.2) is 5.96 Å². The van der Waals surface area contributed by atoms with E-state index in [1.165, 1.54) is 12.1 Å². The minimum atomic E-state index is 0. The second-order valence-corrected chi connectivity index (χ2v) is 7.40. The van der Waals surface area contributed by atoms with Gasteiger partial charge in [-0.25, -0.2) is 4.98 Å². The number of hydrogen-bond acceptors (Lipinski definition) is 4. The summed E-state index contributed by atoms with van der Waals surface area (Å²) in [5.74, 6) is 1.34. The quantitative estimate of drug-likeness (QED) is 0.252. The van der Waals surface area contributed by atoms with Crippen molar-refractivity contribution in [3.8, 4) is 0 Å². The molecular formula is C17H34IN5S. The van der Waals surface area contributed by atoms with Gasteiger partial charge in [-0.05, 0) is 46.2 Å². The van der Waals surface area contributed by atoms with Crippen LogP contribution in [0, 0.1) is 0 Å². The van der Waals surface area contributed by atoms with Crippen LogP contribution < -0.4 is 10.6 Å². The Hall–Kier alpha value is -0.410. The van der Waals surface area contributed by atoms with Crippen LogP contribution in [-0.2, 0) is 6.54 Å². The summed E-state index contributed by atoms with van der Waals surface area (Å²) in [6.45, 7) is 11.6. The second kappa shape index (κ2) is 12.9. The first-order chi connectivity index (χ1) is 10.9. The van der Waals surface area contributed by atoms with Crippen LogP contribution in [0.3, 0.4) is 0 Å². The number of thiazole rings is 1. The number of hydrogen-bond donors (Lipinski definition) is 2. The molecule has 140 valence electrons. The number of nitrogens with one attached hydrogen (secondary N) is 2. The molecule has 2 N–H and O–H groups in total. The van der Waals surface area contributed by atoms with Crippen LogP contribution >= 0.6 is 35.3 Å². The molecule has 1 heterocycles. The van der Waals surface area contributed by atoms with Gasteiger partial charge in [-0.15, -0.1) is 35.3 Å². The summed E-state index contributed by atoms with van der Waals surface area (Å²) < 4.78 is 0. The minimum absolute atomic E-state index is 0. The Kier molecular flexibility index (Phi) is 12.7. The Morgan fingerprint density at radius 1 is 1.25 bits per heavy atom. The highest BCUT2D eigenvalue weighted by Crippen LogP contribution is 2.17. The summed E-state index contributed by atoms with van der Waals surface area (Å²) in [5, 5.41) is 9.95. The number of nitrogens with zero attached hydrogens (tertiary/aromatic N) is 3. The first-order valence-electron chi connectivity index (χ1n) is 8.53. The van der Waals surface area contributed by atoms with Crippen LogP contribution in [-0.4, -0.2) is 49.1 Å². The van der Waals surface area contributed by atoms with Crippen LogP contribution in [0.2, 0.25) is 0 Å². The smallest absolute Gasteiger partial charge is 0.191 e. The summed E-state index contributed by atoms with van der Waals surface area (Å²) >= 11 is 1.71. The molecule has 0 bridgehead atoms. The van der Waals surface area contributed by atoms with E-state index in [9.17, 15) is 0 Å². The lowest BCUT2D eigenvalue weighted by atomic mass is 10.2. The molecule has 0 unspecified atom stereocenters. The Bertz CT molecular complexity index is 473. The van der Waals surface area contributed by atoms with E-state index >= 15 is 0 Å². The largest absolute Gasteiger partial charge is 0.356 e. The third-order valence-corrected chi connectivity index (χ3v) is 4.77. The van der Waals surface area contributed by atoms with E-state index < -0.39 is 0 Å². The highest BCUT2D eigenvalue weighted by molar-refractivity contribution is 14.0. The molecule has 1 aromatic heterocycles. The van der Waals surface area contributed by atoms with Crippen molar-refractivity contribution in [3.63, 3.8) is 0 Å². The van der Waals surface area contributed by atoms with E-state index in [-0.39, 0.29) is 24.0 Å². The van der Waals surface area contributed by atoms with Crippen LogP contribution in [0.25, 0.3) is 0 Å². The molecule has 0 atom stereocenters. The average molecular weight is 467 g/mol. The SMILES string of the molecule is CN=C(NCCCCN(C)C(C)C)NCc1nc(C(C)C)cs1.I. The lowest BCUT2D eigenvalue weighted by molar-refractivity contribution is 0.268. The molecule has 0 saturated carbocycles. The number of aromatic nitrogens is 1. The van der Waals surface area contributed by atoms with Crippen molar-refractivity contribution in [3.05, 3.63) is 16.1 Å². The molecule has 0 spiro atoms. The van der Waals surface area contributed by atoms with Crippen LogP contribution in [0.5, 0.6) is 0 Å². The van der Waals surface area contributed by atoms with Gasteiger partial charge in [0.2, 0.25) is 0 Å². The fraction of sp³-hybridized carbons (Fsp3) is 0.765. The Morgan fingerprint density at radius 3 is 2.50 bits per heavy atom. The van der Waals surface area contributed by atoms with Gasteiger partial charge in [-0.3, -0.25) is 4.99 Å². The minimum Gasteiger partial charge on any atom is -0.356 e. The maximum Gasteiger partial charge on any atom is 0.191 e. The van der Waals surface area contributed by atoms with Gasteiger partial charge in [-0.1, -0.05) is 13.8 Å². The molecule has 0 amide bonds. The van der Waals surface area contributed by atoms with Gasteiger partial charge < -0.3 is 15.5 Å². The van der Waals surface area contributed by atoms with Crippen LogP contribution in [0.4, 0.5) is 0 Å². The molecule has 1 rings (SSSR count). The molecule has 0 fully saturated rings. The van der Waals surface area contributed by atoms with Gasteiger partial charge in [0.05, 0.1) is 12.2 Å². The zero-order valence-electron chi connectivity index (χ0n) is 15.9. The molecule has 0 aliphatic carbocycles. The molecule has 24 heavy (non-hydrogen) atoms. The average Bonchev–Trinajstić information content (AvgIpc) is 2.98. The van der Waals surface area contributed by atoms with Gasteiger partial charge in [0.1, 0.15) is 5.01 Å². The summed E-state index contributed by atoms with van der Waals surface area (Å²) in [5.41, 5.74) is 1.17. The van der Waals surface area contributed by atoms with E-state index in [0.717, 1.165) is 37.0 Å². The zero-order chi connectivity index (χ0) is 17.2. The molecular weight excluding hydrogens is 433 g/mol. The fourth-order valence-corrected chi connectivity index (χ4v) is 2.90. The third kappa shape index (κ3) is 9.17. The summed E-state index contributed by atoms with van der Waals surface area (Å²) in [6, 6.07) is 0.617. The van der Waals surface area contributed by atoms with Crippen molar-refractivity contribution in [2.45, 2.75) is 59.0 Å². The van der Waals surface area contributed by atoms with Crippen molar-refractivity contribution in [2.24, 2.45) is 4.99 Å². The Morgan fingerprint density at radius 2 is 1.96 bits per heavy atom. The fourth-order valence-electron chi connectivity index (χ4n) is 2.00. The maximum absolute atomic E-state index is 4.63. The van der Waals surface area contributed by atoms with Gasteiger partial charge >= 0.3 is 0 Å². The zero-order valence-corrected chi connectivity index (χ0v) is 19.1. The predicted molar refractivity (Wildman–Crippen MR) is 117 cm³/mol. The summed E-state index contributed by atoms with van der Waals surface area (Å²) in [6.07, 6.45) is 2.34. The Labute approximate surface area is 168 Å². The highest BCUT2D eigenvalue weighted by Gasteiger charge is 2.06.